The summed E-state index contributed by atoms with van der Waals surface area (Å²) in [6.07, 6.45) is 2.01. The summed E-state index contributed by atoms with van der Waals surface area (Å²) in [5.74, 6) is 0.404. The summed E-state index contributed by atoms with van der Waals surface area (Å²) < 4.78 is 2.49. The summed E-state index contributed by atoms with van der Waals surface area (Å²) in [6.45, 7) is 4.00. The van der Waals surface area contributed by atoms with Crippen molar-refractivity contribution in [1.82, 2.24) is 4.57 Å². The zero-order valence-corrected chi connectivity index (χ0v) is 31.2. The van der Waals surface area contributed by atoms with Crippen molar-refractivity contribution in [2.45, 2.75) is 25.9 Å². The third kappa shape index (κ3) is 6.04. The molecule has 0 spiro atoms. The Bertz CT molecular complexity index is 2950. The van der Waals surface area contributed by atoms with Crippen LogP contribution in [0, 0.1) is 0 Å². The monoisotopic (exact) mass is 709 g/mol. The molecule has 3 heteroatoms. The van der Waals surface area contributed by atoms with E-state index in [4.69, 9.17) is 11.5 Å². The average molecular weight is 710 g/mol. The highest BCUT2D eigenvalue weighted by Crippen LogP contribution is 2.49. The van der Waals surface area contributed by atoms with Crippen molar-refractivity contribution in [3.8, 4) is 5.69 Å². The van der Waals surface area contributed by atoms with Crippen LogP contribution in [0.15, 0.2) is 188 Å². The van der Waals surface area contributed by atoms with Gasteiger partial charge >= 0.3 is 0 Å². The first-order valence-corrected chi connectivity index (χ1v) is 19.3. The lowest BCUT2D eigenvalue weighted by molar-refractivity contribution is 0.775. The Kier molecular flexibility index (Phi) is 8.95. The van der Waals surface area contributed by atoms with Crippen LogP contribution in [0.4, 0.5) is 0 Å². The molecule has 1 unspecified atom stereocenters. The molecule has 266 valence electrons. The second-order valence-electron chi connectivity index (χ2n) is 14.0. The van der Waals surface area contributed by atoms with Crippen molar-refractivity contribution in [2.24, 2.45) is 11.5 Å². The van der Waals surface area contributed by atoms with Crippen LogP contribution in [-0.2, 0) is 0 Å². The van der Waals surface area contributed by atoms with Crippen molar-refractivity contribution < 1.29 is 0 Å². The normalized spacial score (nSPS) is 13.5. The van der Waals surface area contributed by atoms with Gasteiger partial charge in [0.25, 0.3) is 0 Å². The van der Waals surface area contributed by atoms with Gasteiger partial charge in [-0.05, 0) is 84.2 Å². The third-order valence-electron chi connectivity index (χ3n) is 10.9. The molecule has 0 aliphatic heterocycles. The average Bonchev–Trinajstić information content (AvgIpc) is 3.98. The molecule has 9 aromatic carbocycles. The summed E-state index contributed by atoms with van der Waals surface area (Å²) in [5, 5.41) is 12.8. The van der Waals surface area contributed by atoms with E-state index in [0.717, 1.165) is 5.56 Å². The number of allylic oxidation sites excluding steroid dienone is 2. The van der Waals surface area contributed by atoms with Crippen LogP contribution in [0.25, 0.3) is 76.2 Å². The van der Waals surface area contributed by atoms with E-state index < -0.39 is 0 Å². The second-order valence-corrected chi connectivity index (χ2v) is 14.0. The lowest BCUT2D eigenvalue weighted by Crippen LogP contribution is -2.19. The number of fused-ring (bicyclic) bond motifs is 9. The number of nitrogens with two attached hydrogens (primary N) is 2. The predicted molar refractivity (Wildman–Crippen MR) is 237 cm³/mol. The molecule has 0 saturated carbocycles. The van der Waals surface area contributed by atoms with Gasteiger partial charge in [-0.3, -0.25) is 0 Å². The Morgan fingerprint density at radius 1 is 0.455 bits per heavy atom. The largest absolute Gasteiger partial charge is 0.312 e. The van der Waals surface area contributed by atoms with Crippen molar-refractivity contribution in [1.29, 1.82) is 0 Å². The molecule has 0 saturated heterocycles. The molecule has 0 amide bonds. The first-order valence-electron chi connectivity index (χ1n) is 19.3. The molecule has 3 nitrogen and oxygen atoms in total. The van der Waals surface area contributed by atoms with Crippen molar-refractivity contribution in [3.05, 3.63) is 205 Å². The molecule has 4 N–H and O–H groups in total. The van der Waals surface area contributed by atoms with E-state index in [1.165, 1.54) is 87.3 Å². The molecule has 0 fully saturated rings. The van der Waals surface area contributed by atoms with Gasteiger partial charge in [0.15, 0.2) is 0 Å². The molecule has 55 heavy (non-hydrogen) atoms. The van der Waals surface area contributed by atoms with Gasteiger partial charge in [-0.15, -0.1) is 0 Å². The summed E-state index contributed by atoms with van der Waals surface area (Å²) in [4.78, 5) is 0. The molecule has 11 rings (SSSR count). The first kappa shape index (κ1) is 34.3. The van der Waals surface area contributed by atoms with E-state index in [1.807, 2.05) is 44.2 Å². The van der Waals surface area contributed by atoms with Crippen molar-refractivity contribution in [3.63, 3.8) is 0 Å². The number of benzene rings is 9. The quantitative estimate of drug-likeness (QED) is 0.179. The highest BCUT2D eigenvalue weighted by Gasteiger charge is 2.29. The van der Waals surface area contributed by atoms with Crippen LogP contribution in [0.3, 0.4) is 0 Å². The fourth-order valence-corrected chi connectivity index (χ4v) is 8.29. The summed E-state index contributed by atoms with van der Waals surface area (Å²) in [5.41, 5.74) is 20.0. The van der Waals surface area contributed by atoms with E-state index in [-0.39, 0.29) is 6.17 Å². The molecule has 1 aliphatic rings. The molecular weight excluding hydrogens is 667 g/mol. The molecule has 1 atom stereocenters. The Morgan fingerprint density at radius 2 is 0.982 bits per heavy atom. The van der Waals surface area contributed by atoms with E-state index in [1.54, 1.807) is 0 Å². The molecular formula is C52H43N3. The van der Waals surface area contributed by atoms with Gasteiger partial charge in [-0.25, -0.2) is 0 Å². The van der Waals surface area contributed by atoms with Gasteiger partial charge in [0.05, 0.1) is 22.9 Å². The van der Waals surface area contributed by atoms with Crippen molar-refractivity contribution in [2.75, 3.05) is 0 Å². The Hall–Kier alpha value is -6.52. The minimum absolute atomic E-state index is 0.385. The lowest BCUT2D eigenvalue weighted by Gasteiger charge is -2.14. The highest BCUT2D eigenvalue weighted by molar-refractivity contribution is 6.28. The maximum absolute atomic E-state index is 5.58. The summed E-state index contributed by atoms with van der Waals surface area (Å²) >= 11 is 0. The number of rotatable bonds is 4. The minimum Gasteiger partial charge on any atom is -0.312 e. The van der Waals surface area contributed by atoms with E-state index >= 15 is 0 Å². The molecule has 1 aliphatic carbocycles. The van der Waals surface area contributed by atoms with Crippen LogP contribution in [0.2, 0.25) is 0 Å². The van der Waals surface area contributed by atoms with Crippen LogP contribution in [0.5, 0.6) is 0 Å². The Morgan fingerprint density at radius 3 is 1.64 bits per heavy atom. The van der Waals surface area contributed by atoms with Gasteiger partial charge < -0.3 is 16.0 Å². The predicted octanol–water partition coefficient (Wildman–Crippen LogP) is 13.2. The second kappa shape index (κ2) is 14.4. The molecule has 0 bridgehead atoms. The molecule has 0 radical (unpaired) electrons. The molecule has 1 heterocycles. The van der Waals surface area contributed by atoms with Gasteiger partial charge in [0.1, 0.15) is 0 Å². The fraction of sp³-hybridized carbons (Fsp3) is 0.0769. The maximum atomic E-state index is 5.58. The number of aromatic nitrogens is 1. The van der Waals surface area contributed by atoms with E-state index in [2.05, 4.69) is 162 Å². The first-order chi connectivity index (χ1) is 27.1. The Labute approximate surface area is 321 Å². The zero-order chi connectivity index (χ0) is 37.5. The zero-order valence-electron chi connectivity index (χ0n) is 31.2. The van der Waals surface area contributed by atoms with Gasteiger partial charge in [-0.1, -0.05) is 178 Å². The lowest BCUT2D eigenvalue weighted by atomic mass is 9.97. The SMILES string of the molecule is C1=C(c2cccc3c(-n4c5ccc6ccccc6c5c5c6ccccc6ccc54)cccc23)C1c1ccccc1.CC.NC(N)c1ccc2ccccc2c1. The fourth-order valence-electron chi connectivity index (χ4n) is 8.29. The van der Waals surface area contributed by atoms with Gasteiger partial charge in [0, 0.05) is 22.1 Å². The smallest absolute Gasteiger partial charge is 0.0784 e. The summed E-state index contributed by atoms with van der Waals surface area (Å²) in [7, 11) is 0. The van der Waals surface area contributed by atoms with Crippen LogP contribution in [-0.4, -0.2) is 4.57 Å². The Balaban J connectivity index is 0.000000224. The maximum Gasteiger partial charge on any atom is 0.0784 e. The van der Waals surface area contributed by atoms with E-state index in [9.17, 15) is 0 Å². The van der Waals surface area contributed by atoms with Crippen LogP contribution >= 0.6 is 0 Å². The number of nitrogens with zero attached hydrogens (tertiary/aromatic N) is 1. The summed E-state index contributed by atoms with van der Waals surface area (Å²) in [6, 6.07) is 65.3. The molecule has 1 aromatic heterocycles. The highest BCUT2D eigenvalue weighted by atomic mass is 15.0. The number of hydrogen-bond acceptors (Lipinski definition) is 2. The molecule has 10 aromatic rings. The third-order valence-corrected chi connectivity index (χ3v) is 10.9. The van der Waals surface area contributed by atoms with Crippen molar-refractivity contribution >= 4 is 70.5 Å². The minimum atomic E-state index is -0.385. The number of hydrogen-bond donors (Lipinski definition) is 2. The van der Waals surface area contributed by atoms with E-state index in [0.29, 0.717) is 5.92 Å². The standard InChI is InChI=1S/C39H25N.C11H12N2.C2H6/c1-2-10-25(11-3-1)33-24-34(33)31-16-8-18-32-30(31)17-9-19-35(32)40-36-22-20-26-12-4-6-14-28(26)38(36)39-29-15-7-5-13-27(29)21-23-37(39)40;12-11(13)10-6-5-8-3-1-2-4-9(8)7-10;1-2/h1-24,33H;1-7,11H,12-13H2;1-2H3. The van der Waals surface area contributed by atoms with Crippen LogP contribution < -0.4 is 11.5 Å². The van der Waals surface area contributed by atoms with Crippen LogP contribution in [0.1, 0.15) is 42.6 Å². The van der Waals surface area contributed by atoms with Gasteiger partial charge in [0.2, 0.25) is 0 Å². The topological polar surface area (TPSA) is 57.0 Å². The van der Waals surface area contributed by atoms with Gasteiger partial charge in [-0.2, -0.15) is 0 Å².